The molecule has 0 amide bonds. The van der Waals surface area contributed by atoms with Gasteiger partial charge in [0.25, 0.3) is 0 Å². The molecule has 9 rings (SSSR count). The third kappa shape index (κ3) is 4.43. The highest BCUT2D eigenvalue weighted by Gasteiger charge is 2.18. The number of nitrogens with zero attached hydrogens (tertiary/aromatic N) is 3. The van der Waals surface area contributed by atoms with Gasteiger partial charge in [0.1, 0.15) is 11.2 Å². The van der Waals surface area contributed by atoms with Crippen LogP contribution in [0.3, 0.4) is 0 Å². The monoisotopic (exact) mass is 579 g/mol. The molecule has 2 heterocycles. The predicted octanol–water partition coefficient (Wildman–Crippen LogP) is 10.7. The van der Waals surface area contributed by atoms with Crippen molar-refractivity contribution in [2.75, 3.05) is 0 Å². The Morgan fingerprint density at radius 1 is 0.444 bits per heavy atom. The van der Waals surface area contributed by atoms with Crippen LogP contribution in [-0.2, 0) is 0 Å². The number of hydrogen-bond acceptors (Lipinski definition) is 4. The smallest absolute Gasteiger partial charge is 0.164 e. The predicted molar refractivity (Wildman–Crippen MR) is 184 cm³/mol. The summed E-state index contributed by atoms with van der Waals surface area (Å²) in [6.45, 7) is 0. The fourth-order valence-corrected chi connectivity index (χ4v) is 5.96. The van der Waals surface area contributed by atoms with Gasteiger partial charge in [-0.2, -0.15) is 0 Å². The zero-order valence-corrected chi connectivity index (χ0v) is 23.9. The lowest BCUT2D eigenvalue weighted by Gasteiger charge is -2.11. The van der Waals surface area contributed by atoms with Crippen LogP contribution in [-0.4, -0.2) is 15.0 Å². The summed E-state index contributed by atoms with van der Waals surface area (Å²) in [6.07, 6.45) is 0. The molecule has 0 atom stereocenters. The van der Waals surface area contributed by atoms with Crippen molar-refractivity contribution in [3.8, 4) is 45.3 Å². The van der Waals surface area contributed by atoms with E-state index in [2.05, 4.69) is 48.5 Å². The molecule has 0 saturated carbocycles. The van der Waals surface area contributed by atoms with Crippen LogP contribution in [0.2, 0.25) is 0 Å². The number of para-hydroxylation sites is 1. The van der Waals surface area contributed by atoms with E-state index in [-0.39, 0.29) is 41.2 Å². The summed E-state index contributed by atoms with van der Waals surface area (Å²) in [7, 11) is 0. The van der Waals surface area contributed by atoms with E-state index in [1.807, 2.05) is 60.7 Å². The normalized spacial score (nSPS) is 12.8. The highest BCUT2D eigenvalue weighted by molar-refractivity contribution is 6.11. The molecular weight excluding hydrogens is 550 g/mol. The summed E-state index contributed by atoms with van der Waals surface area (Å²) >= 11 is 0. The Labute approximate surface area is 264 Å². The van der Waals surface area contributed by atoms with Crippen LogP contribution in [0.1, 0.15) is 5.48 Å². The first-order valence-electron chi connectivity index (χ1n) is 16.7. The molecule has 0 spiro atoms. The molecule has 0 bridgehead atoms. The molecule has 9 aromatic rings. The van der Waals surface area contributed by atoms with E-state index < -0.39 is 0 Å². The first kappa shape index (κ1) is 21.5. The van der Waals surface area contributed by atoms with Gasteiger partial charge in [0.15, 0.2) is 17.5 Å². The van der Waals surface area contributed by atoms with Crippen LogP contribution in [0.25, 0.3) is 88.8 Å². The fourth-order valence-electron chi connectivity index (χ4n) is 5.96. The second-order valence-corrected chi connectivity index (χ2v) is 11.0. The Bertz CT molecular complexity index is 2780. The van der Waals surface area contributed by atoms with Crippen LogP contribution < -0.4 is 0 Å². The zero-order chi connectivity index (χ0) is 33.2. The third-order valence-corrected chi connectivity index (χ3v) is 8.20. The van der Waals surface area contributed by atoms with Gasteiger partial charge in [-0.25, -0.2) is 15.0 Å². The SMILES string of the molecule is [2H]c1cc([2H])c2oc3c([2H])cc([2H])c(-c4nc(-c5ccc6ccccc6c5)nc(-c5ccc6cc(-c7ccccc7)ccc6c5)n4)c3c2c1. The summed E-state index contributed by atoms with van der Waals surface area (Å²) in [4.78, 5) is 14.9. The summed E-state index contributed by atoms with van der Waals surface area (Å²) in [5.41, 5.74) is 4.67. The highest BCUT2D eigenvalue weighted by atomic mass is 16.3. The average Bonchev–Trinajstić information content (AvgIpc) is 3.51. The van der Waals surface area contributed by atoms with Crippen molar-refractivity contribution in [2.24, 2.45) is 0 Å². The molecule has 0 fully saturated rings. The first-order valence-corrected chi connectivity index (χ1v) is 14.7. The summed E-state index contributed by atoms with van der Waals surface area (Å²) < 4.78 is 40.5. The molecule has 210 valence electrons. The molecule has 0 unspecified atom stereocenters. The number of rotatable bonds is 4. The molecule has 0 aliphatic rings. The average molecular weight is 580 g/mol. The van der Waals surface area contributed by atoms with Gasteiger partial charge in [0.05, 0.1) is 5.48 Å². The van der Waals surface area contributed by atoms with Crippen molar-refractivity contribution < 1.29 is 9.90 Å². The molecule has 45 heavy (non-hydrogen) atoms. The molecule has 7 aromatic carbocycles. The second-order valence-electron chi connectivity index (χ2n) is 11.0. The molecule has 0 N–H and O–H groups in total. The first-order chi connectivity index (χ1) is 23.9. The van der Waals surface area contributed by atoms with Crippen molar-refractivity contribution in [3.05, 3.63) is 152 Å². The van der Waals surface area contributed by atoms with E-state index in [1.54, 1.807) is 6.07 Å². The van der Waals surface area contributed by atoms with Gasteiger partial charge in [-0.3, -0.25) is 0 Å². The van der Waals surface area contributed by atoms with E-state index in [4.69, 9.17) is 24.9 Å². The Hall–Kier alpha value is -6.13. The van der Waals surface area contributed by atoms with Crippen molar-refractivity contribution in [3.63, 3.8) is 0 Å². The summed E-state index contributed by atoms with van der Waals surface area (Å²) in [6, 6.07) is 41.5. The van der Waals surface area contributed by atoms with E-state index in [1.165, 1.54) is 12.1 Å². The minimum atomic E-state index is 0.0133. The van der Waals surface area contributed by atoms with Gasteiger partial charge in [-0.1, -0.05) is 121 Å². The van der Waals surface area contributed by atoms with Crippen molar-refractivity contribution in [2.45, 2.75) is 0 Å². The number of fused-ring (bicyclic) bond motifs is 5. The molecule has 4 heteroatoms. The molecule has 0 radical (unpaired) electrons. The largest absolute Gasteiger partial charge is 0.456 e. The molecule has 0 aliphatic carbocycles. The zero-order valence-electron chi connectivity index (χ0n) is 27.9. The molecule has 0 aliphatic heterocycles. The number of aromatic nitrogens is 3. The van der Waals surface area contributed by atoms with Gasteiger partial charge < -0.3 is 4.42 Å². The Morgan fingerprint density at radius 3 is 1.82 bits per heavy atom. The van der Waals surface area contributed by atoms with Gasteiger partial charge in [0, 0.05) is 27.5 Å². The van der Waals surface area contributed by atoms with Crippen molar-refractivity contribution >= 4 is 43.5 Å². The lowest BCUT2D eigenvalue weighted by atomic mass is 10.00. The number of hydrogen-bond donors (Lipinski definition) is 0. The lowest BCUT2D eigenvalue weighted by molar-refractivity contribution is 0.669. The van der Waals surface area contributed by atoms with E-state index in [0.29, 0.717) is 28.0 Å². The van der Waals surface area contributed by atoms with Gasteiger partial charge >= 0.3 is 0 Å². The minimum Gasteiger partial charge on any atom is -0.456 e. The maximum Gasteiger partial charge on any atom is 0.164 e. The van der Waals surface area contributed by atoms with E-state index >= 15 is 0 Å². The van der Waals surface area contributed by atoms with Crippen LogP contribution >= 0.6 is 0 Å². The highest BCUT2D eigenvalue weighted by Crippen LogP contribution is 2.37. The van der Waals surface area contributed by atoms with Crippen LogP contribution in [0.5, 0.6) is 0 Å². The Morgan fingerprint density at radius 2 is 1.04 bits per heavy atom. The standard InChI is InChI=1S/C41H25N3O/c1-2-9-26(10-3-1)29-18-19-31-25-33(22-20-30(31)23-29)40-42-39(32-21-17-27-11-4-5-12-28(27)24-32)43-41(44-40)35-14-8-16-37-38(35)34-13-6-7-15-36(34)45-37/h1-25H/i6D,14D,15D,16D. The second kappa shape index (κ2) is 10.2. The fraction of sp³-hybridized carbons (Fsp3) is 0. The number of benzene rings is 7. The van der Waals surface area contributed by atoms with Crippen LogP contribution in [0, 0.1) is 0 Å². The minimum absolute atomic E-state index is 0.0133. The molecule has 2 aromatic heterocycles. The van der Waals surface area contributed by atoms with Gasteiger partial charge in [0.2, 0.25) is 0 Å². The van der Waals surface area contributed by atoms with Crippen LogP contribution in [0.15, 0.2) is 156 Å². The van der Waals surface area contributed by atoms with Gasteiger partial charge in [-0.05, 0) is 63.0 Å². The number of furan rings is 1. The van der Waals surface area contributed by atoms with Crippen LogP contribution in [0.4, 0.5) is 0 Å². The molecular formula is C41H25N3O. The topological polar surface area (TPSA) is 51.8 Å². The lowest BCUT2D eigenvalue weighted by Crippen LogP contribution is -2.00. The van der Waals surface area contributed by atoms with E-state index in [0.717, 1.165) is 43.8 Å². The Balaban J connectivity index is 1.29. The van der Waals surface area contributed by atoms with Gasteiger partial charge in [-0.15, -0.1) is 0 Å². The Kier molecular flexibility index (Phi) is 4.91. The van der Waals surface area contributed by atoms with Crippen molar-refractivity contribution in [1.82, 2.24) is 15.0 Å². The maximum absolute atomic E-state index is 9.05. The van der Waals surface area contributed by atoms with Crippen molar-refractivity contribution in [1.29, 1.82) is 0 Å². The molecule has 4 nitrogen and oxygen atoms in total. The maximum atomic E-state index is 9.05. The third-order valence-electron chi connectivity index (χ3n) is 8.20. The quantitative estimate of drug-likeness (QED) is 0.208. The van der Waals surface area contributed by atoms with E-state index in [9.17, 15) is 0 Å². The summed E-state index contributed by atoms with van der Waals surface area (Å²) in [5.74, 6) is 1.11. The molecule has 0 saturated heterocycles. The summed E-state index contributed by atoms with van der Waals surface area (Å²) in [5, 5.41) is 5.15.